The lowest BCUT2D eigenvalue weighted by atomic mass is 9.94. The first-order valence-corrected chi connectivity index (χ1v) is 8.22. The van der Waals surface area contributed by atoms with Gasteiger partial charge in [-0.1, -0.05) is 61.5 Å². The molecule has 2 aromatic rings. The molecule has 2 unspecified atom stereocenters. The Bertz CT molecular complexity index is 631. The van der Waals surface area contributed by atoms with E-state index in [4.69, 9.17) is 5.11 Å². The fourth-order valence-corrected chi connectivity index (χ4v) is 2.91. The molecule has 0 heterocycles. The molecule has 0 aliphatic rings. The van der Waals surface area contributed by atoms with E-state index in [0.29, 0.717) is 6.42 Å². The number of carboxylic acids is 1. The molecule has 0 bridgehead atoms. The molecule has 2 atom stereocenters. The van der Waals surface area contributed by atoms with E-state index in [1.54, 1.807) is 0 Å². The summed E-state index contributed by atoms with van der Waals surface area (Å²) in [6.45, 7) is 4.32. The smallest absolute Gasteiger partial charge is 0.303 e. The Kier molecular flexibility index (Phi) is 8.51. The molecular formula is C20H26ClNO2. The van der Waals surface area contributed by atoms with Crippen LogP contribution in [0.15, 0.2) is 54.6 Å². The van der Waals surface area contributed by atoms with Crippen LogP contribution in [-0.2, 0) is 11.2 Å². The molecule has 2 rings (SSSR count). The van der Waals surface area contributed by atoms with Gasteiger partial charge in [0.05, 0.1) is 0 Å². The van der Waals surface area contributed by atoms with Crippen molar-refractivity contribution < 1.29 is 9.90 Å². The van der Waals surface area contributed by atoms with Crippen molar-refractivity contribution in [2.45, 2.75) is 45.2 Å². The maximum Gasteiger partial charge on any atom is 0.303 e. The molecule has 2 aromatic carbocycles. The van der Waals surface area contributed by atoms with Crippen LogP contribution in [0.3, 0.4) is 0 Å². The predicted octanol–water partition coefficient (Wildman–Crippen LogP) is 4.93. The third kappa shape index (κ3) is 5.66. The second kappa shape index (κ2) is 10.1. The molecule has 0 amide bonds. The van der Waals surface area contributed by atoms with E-state index in [9.17, 15) is 4.79 Å². The number of nitrogens with one attached hydrogen (secondary N) is 1. The summed E-state index contributed by atoms with van der Waals surface area (Å²) in [6, 6.07) is 19.0. The zero-order valence-electron chi connectivity index (χ0n) is 14.2. The van der Waals surface area contributed by atoms with E-state index in [-0.39, 0.29) is 30.9 Å². The first-order chi connectivity index (χ1) is 11.1. The minimum atomic E-state index is -0.751. The summed E-state index contributed by atoms with van der Waals surface area (Å²) in [4.78, 5) is 10.9. The third-order valence-corrected chi connectivity index (χ3v) is 4.20. The highest BCUT2D eigenvalue weighted by molar-refractivity contribution is 5.85. The minimum Gasteiger partial charge on any atom is -0.481 e. The quantitative estimate of drug-likeness (QED) is 0.712. The van der Waals surface area contributed by atoms with Gasteiger partial charge in [-0.25, -0.2) is 0 Å². The molecule has 0 spiro atoms. The fourth-order valence-electron chi connectivity index (χ4n) is 2.91. The number of hydrogen-bond acceptors (Lipinski definition) is 2. The zero-order chi connectivity index (χ0) is 16.7. The molecule has 3 nitrogen and oxygen atoms in total. The van der Waals surface area contributed by atoms with Gasteiger partial charge in [-0.2, -0.15) is 0 Å². The van der Waals surface area contributed by atoms with E-state index in [0.717, 1.165) is 12.0 Å². The lowest BCUT2D eigenvalue weighted by molar-refractivity contribution is -0.136. The van der Waals surface area contributed by atoms with Crippen molar-refractivity contribution in [3.63, 3.8) is 0 Å². The Morgan fingerprint density at radius 2 is 1.71 bits per heavy atom. The van der Waals surface area contributed by atoms with Gasteiger partial charge in [0, 0.05) is 18.5 Å². The molecular weight excluding hydrogens is 322 g/mol. The van der Waals surface area contributed by atoms with Gasteiger partial charge < -0.3 is 10.4 Å². The summed E-state index contributed by atoms with van der Waals surface area (Å²) >= 11 is 0. The summed E-state index contributed by atoms with van der Waals surface area (Å²) in [5.41, 5.74) is 3.59. The second-order valence-corrected chi connectivity index (χ2v) is 5.85. The molecule has 0 radical (unpaired) electrons. The van der Waals surface area contributed by atoms with E-state index in [1.165, 1.54) is 11.1 Å². The van der Waals surface area contributed by atoms with Crippen LogP contribution >= 0.6 is 12.4 Å². The van der Waals surface area contributed by atoms with E-state index in [1.807, 2.05) is 24.3 Å². The molecule has 0 aliphatic heterocycles. The molecule has 2 N–H and O–H groups in total. The van der Waals surface area contributed by atoms with E-state index in [2.05, 4.69) is 49.5 Å². The number of aryl methyl sites for hydroxylation is 1. The largest absolute Gasteiger partial charge is 0.481 e. The molecule has 4 heteroatoms. The van der Waals surface area contributed by atoms with Gasteiger partial charge in [-0.05, 0) is 36.5 Å². The lowest BCUT2D eigenvalue weighted by Gasteiger charge is -2.25. The van der Waals surface area contributed by atoms with E-state index >= 15 is 0 Å². The Morgan fingerprint density at radius 1 is 1.08 bits per heavy atom. The van der Waals surface area contributed by atoms with Crippen molar-refractivity contribution in [3.05, 3.63) is 71.3 Å². The minimum absolute atomic E-state index is 0. The maximum atomic E-state index is 10.9. The number of aliphatic carboxylic acids is 1. The Labute approximate surface area is 150 Å². The predicted molar refractivity (Wildman–Crippen MR) is 101 cm³/mol. The average molecular weight is 348 g/mol. The standard InChI is InChI=1S/C20H25NO2.ClH/c1-3-19(21-15(2)16-9-5-4-6-10-16)18-12-8-7-11-17(18)13-14-20(22)23;/h4-12,15,19,21H,3,13-14H2,1-2H3,(H,22,23);1H. The summed E-state index contributed by atoms with van der Waals surface area (Å²) < 4.78 is 0. The second-order valence-electron chi connectivity index (χ2n) is 5.85. The number of carbonyl (C=O) groups is 1. The summed E-state index contributed by atoms with van der Waals surface area (Å²) in [5, 5.41) is 12.6. The van der Waals surface area contributed by atoms with Gasteiger partial charge in [0.25, 0.3) is 0 Å². The maximum absolute atomic E-state index is 10.9. The van der Waals surface area contributed by atoms with Gasteiger partial charge in [0.1, 0.15) is 0 Å². The first kappa shape index (κ1) is 20.2. The van der Waals surface area contributed by atoms with Crippen molar-refractivity contribution in [2.24, 2.45) is 0 Å². The van der Waals surface area contributed by atoms with E-state index < -0.39 is 5.97 Å². The summed E-state index contributed by atoms with van der Waals surface area (Å²) in [6.07, 6.45) is 1.70. The SMILES string of the molecule is CCC(NC(C)c1ccccc1)c1ccccc1CCC(=O)O.Cl. The van der Waals surface area contributed by atoms with Crippen LogP contribution in [0.1, 0.15) is 55.5 Å². The number of halogens is 1. The topological polar surface area (TPSA) is 49.3 Å². The summed E-state index contributed by atoms with van der Waals surface area (Å²) in [5.74, 6) is -0.751. The Balaban J connectivity index is 0.00000288. The Morgan fingerprint density at radius 3 is 2.33 bits per heavy atom. The fraction of sp³-hybridized carbons (Fsp3) is 0.350. The summed E-state index contributed by atoms with van der Waals surface area (Å²) in [7, 11) is 0. The molecule has 24 heavy (non-hydrogen) atoms. The molecule has 130 valence electrons. The third-order valence-electron chi connectivity index (χ3n) is 4.20. The monoisotopic (exact) mass is 347 g/mol. The van der Waals surface area contributed by atoms with Crippen LogP contribution in [0, 0.1) is 0 Å². The molecule has 0 fully saturated rings. The molecule has 0 aromatic heterocycles. The van der Waals surface area contributed by atoms with Crippen molar-refractivity contribution in [2.75, 3.05) is 0 Å². The van der Waals surface area contributed by atoms with Crippen molar-refractivity contribution in [1.82, 2.24) is 5.32 Å². The average Bonchev–Trinajstić information content (AvgIpc) is 2.58. The zero-order valence-corrected chi connectivity index (χ0v) is 15.1. The highest BCUT2D eigenvalue weighted by Gasteiger charge is 2.16. The normalized spacial score (nSPS) is 12.9. The van der Waals surface area contributed by atoms with Crippen molar-refractivity contribution >= 4 is 18.4 Å². The first-order valence-electron chi connectivity index (χ1n) is 8.22. The Hall–Kier alpha value is -1.84. The number of hydrogen-bond donors (Lipinski definition) is 2. The van der Waals surface area contributed by atoms with Crippen LogP contribution in [0.4, 0.5) is 0 Å². The van der Waals surface area contributed by atoms with Crippen LogP contribution in [0.5, 0.6) is 0 Å². The molecule has 0 saturated heterocycles. The van der Waals surface area contributed by atoms with Gasteiger partial charge in [0.2, 0.25) is 0 Å². The van der Waals surface area contributed by atoms with Gasteiger partial charge in [-0.3, -0.25) is 4.79 Å². The highest BCUT2D eigenvalue weighted by atomic mass is 35.5. The number of rotatable bonds is 8. The van der Waals surface area contributed by atoms with Gasteiger partial charge >= 0.3 is 5.97 Å². The lowest BCUT2D eigenvalue weighted by Crippen LogP contribution is -2.25. The number of carboxylic acid groups (broad SMARTS) is 1. The number of benzene rings is 2. The van der Waals surface area contributed by atoms with Gasteiger partial charge in [-0.15, -0.1) is 12.4 Å². The molecule has 0 saturated carbocycles. The van der Waals surface area contributed by atoms with Crippen LogP contribution < -0.4 is 5.32 Å². The van der Waals surface area contributed by atoms with Crippen LogP contribution in [0.25, 0.3) is 0 Å². The van der Waals surface area contributed by atoms with Crippen molar-refractivity contribution in [1.29, 1.82) is 0 Å². The van der Waals surface area contributed by atoms with Crippen LogP contribution in [-0.4, -0.2) is 11.1 Å². The van der Waals surface area contributed by atoms with Gasteiger partial charge in [0.15, 0.2) is 0 Å². The van der Waals surface area contributed by atoms with Crippen molar-refractivity contribution in [3.8, 4) is 0 Å². The highest BCUT2D eigenvalue weighted by Crippen LogP contribution is 2.25. The van der Waals surface area contributed by atoms with Crippen LogP contribution in [0.2, 0.25) is 0 Å². The molecule has 0 aliphatic carbocycles.